The van der Waals surface area contributed by atoms with Gasteiger partial charge < -0.3 is 19.5 Å². The van der Waals surface area contributed by atoms with Gasteiger partial charge in [0.2, 0.25) is 0 Å². The molecular formula is C27H33N3O5. The minimum Gasteiger partial charge on any atom is -0.507 e. The maximum absolute atomic E-state index is 13.2. The summed E-state index contributed by atoms with van der Waals surface area (Å²) in [6.07, 6.45) is 3.25. The fourth-order valence-electron chi connectivity index (χ4n) is 4.45. The van der Waals surface area contributed by atoms with E-state index >= 15 is 0 Å². The van der Waals surface area contributed by atoms with Crippen LogP contribution in [0.1, 0.15) is 36.6 Å². The van der Waals surface area contributed by atoms with Crippen molar-refractivity contribution in [2.45, 2.75) is 26.8 Å². The van der Waals surface area contributed by atoms with Gasteiger partial charge in [-0.05, 0) is 54.3 Å². The molecule has 2 fully saturated rings. The fraction of sp³-hybridized carbons (Fsp3) is 0.444. The first-order valence-corrected chi connectivity index (χ1v) is 12.1. The highest BCUT2D eigenvalue weighted by Gasteiger charge is 2.46. The van der Waals surface area contributed by atoms with Gasteiger partial charge in [-0.25, -0.2) is 0 Å². The van der Waals surface area contributed by atoms with Crippen molar-refractivity contribution in [3.63, 3.8) is 0 Å². The quantitative estimate of drug-likeness (QED) is 0.353. The van der Waals surface area contributed by atoms with Gasteiger partial charge in [0.05, 0.1) is 31.4 Å². The van der Waals surface area contributed by atoms with E-state index in [-0.39, 0.29) is 11.3 Å². The van der Waals surface area contributed by atoms with Crippen LogP contribution in [0.5, 0.6) is 5.75 Å². The Balaban J connectivity index is 1.67. The Morgan fingerprint density at radius 2 is 1.86 bits per heavy atom. The molecule has 2 aromatic rings. The van der Waals surface area contributed by atoms with Crippen LogP contribution in [0.15, 0.2) is 48.3 Å². The number of hydrogen-bond acceptors (Lipinski definition) is 7. The van der Waals surface area contributed by atoms with E-state index in [0.29, 0.717) is 44.4 Å². The standard InChI is InChI=1S/C27H33N3O5/c1-18(2)17-35-22-5-4-21(16-19(22)3)25(31)23-24(20-6-8-28-9-7-20)30(27(33)26(23)32)11-10-29-12-14-34-15-13-29/h4-9,16,18,24,31H,10-15,17H2,1-3H3/t24-/m0/s1. The van der Waals surface area contributed by atoms with Gasteiger partial charge in [0.15, 0.2) is 0 Å². The fourth-order valence-corrected chi connectivity index (χ4v) is 4.45. The first-order valence-electron chi connectivity index (χ1n) is 12.1. The number of aryl methyl sites for hydroxylation is 1. The van der Waals surface area contributed by atoms with Crippen LogP contribution in [-0.2, 0) is 14.3 Å². The summed E-state index contributed by atoms with van der Waals surface area (Å²) in [6, 6.07) is 8.18. The van der Waals surface area contributed by atoms with E-state index in [1.165, 1.54) is 0 Å². The predicted octanol–water partition coefficient (Wildman–Crippen LogP) is 3.18. The molecule has 8 nitrogen and oxygen atoms in total. The van der Waals surface area contributed by atoms with Crippen LogP contribution in [0.25, 0.3) is 5.76 Å². The number of aliphatic hydroxyl groups excluding tert-OH is 1. The molecule has 3 heterocycles. The third kappa shape index (κ3) is 5.55. The van der Waals surface area contributed by atoms with Gasteiger partial charge in [-0.3, -0.25) is 19.5 Å². The number of benzene rings is 1. The van der Waals surface area contributed by atoms with Gasteiger partial charge >= 0.3 is 0 Å². The van der Waals surface area contributed by atoms with Crippen molar-refractivity contribution in [2.24, 2.45) is 5.92 Å². The molecule has 186 valence electrons. The summed E-state index contributed by atoms with van der Waals surface area (Å²) >= 11 is 0. The molecule has 1 aromatic heterocycles. The molecule has 1 amide bonds. The van der Waals surface area contributed by atoms with Crippen LogP contribution in [0.2, 0.25) is 0 Å². The van der Waals surface area contributed by atoms with E-state index in [4.69, 9.17) is 9.47 Å². The van der Waals surface area contributed by atoms with Crippen LogP contribution in [0, 0.1) is 12.8 Å². The average Bonchev–Trinajstić information content (AvgIpc) is 3.12. The Hall–Kier alpha value is -3.23. The Kier molecular flexibility index (Phi) is 7.83. The van der Waals surface area contributed by atoms with Crippen LogP contribution < -0.4 is 4.74 Å². The van der Waals surface area contributed by atoms with Crippen LogP contribution in [0.3, 0.4) is 0 Å². The third-order valence-electron chi connectivity index (χ3n) is 6.34. The topological polar surface area (TPSA) is 92.2 Å². The van der Waals surface area contributed by atoms with Gasteiger partial charge in [-0.1, -0.05) is 13.8 Å². The van der Waals surface area contributed by atoms with E-state index < -0.39 is 17.7 Å². The zero-order valence-electron chi connectivity index (χ0n) is 20.6. The molecular weight excluding hydrogens is 446 g/mol. The molecule has 0 spiro atoms. The minimum absolute atomic E-state index is 0.0958. The van der Waals surface area contributed by atoms with E-state index in [0.717, 1.165) is 30.0 Å². The molecule has 1 aromatic carbocycles. The van der Waals surface area contributed by atoms with Gasteiger partial charge in [-0.15, -0.1) is 0 Å². The maximum Gasteiger partial charge on any atom is 0.295 e. The summed E-state index contributed by atoms with van der Waals surface area (Å²) in [5.74, 6) is -0.347. The highest BCUT2D eigenvalue weighted by molar-refractivity contribution is 6.46. The number of morpholine rings is 1. The number of Topliss-reactive ketones (excluding diaryl/α,β-unsaturated/α-hetero) is 1. The summed E-state index contributed by atoms with van der Waals surface area (Å²) in [7, 11) is 0. The molecule has 0 radical (unpaired) electrons. The Bertz CT molecular complexity index is 1090. The minimum atomic E-state index is -0.684. The average molecular weight is 480 g/mol. The monoisotopic (exact) mass is 479 g/mol. The molecule has 1 atom stereocenters. The number of likely N-dealkylation sites (tertiary alicyclic amines) is 1. The molecule has 35 heavy (non-hydrogen) atoms. The van der Waals surface area contributed by atoms with Crippen molar-refractivity contribution in [2.75, 3.05) is 46.0 Å². The molecule has 1 N–H and O–H groups in total. The number of aliphatic hydroxyl groups is 1. The lowest BCUT2D eigenvalue weighted by molar-refractivity contribution is -0.140. The molecule has 8 heteroatoms. The number of pyridine rings is 1. The summed E-state index contributed by atoms with van der Waals surface area (Å²) in [5, 5.41) is 11.3. The highest BCUT2D eigenvalue weighted by atomic mass is 16.5. The number of nitrogens with zero attached hydrogens (tertiary/aromatic N) is 3. The highest BCUT2D eigenvalue weighted by Crippen LogP contribution is 2.39. The van der Waals surface area contributed by atoms with Crippen molar-refractivity contribution in [1.82, 2.24) is 14.8 Å². The second-order valence-corrected chi connectivity index (χ2v) is 9.41. The number of carbonyl (C=O) groups excluding carboxylic acids is 2. The number of aromatic nitrogens is 1. The molecule has 0 saturated carbocycles. The van der Waals surface area contributed by atoms with Crippen LogP contribution in [0.4, 0.5) is 0 Å². The van der Waals surface area contributed by atoms with Crippen molar-refractivity contribution >= 4 is 17.4 Å². The number of rotatable bonds is 8. The summed E-state index contributed by atoms with van der Waals surface area (Å²) in [6.45, 7) is 10.5. The summed E-state index contributed by atoms with van der Waals surface area (Å²) in [5.41, 5.74) is 2.15. The van der Waals surface area contributed by atoms with E-state index in [1.807, 2.05) is 6.92 Å². The molecule has 4 rings (SSSR count). The van der Waals surface area contributed by atoms with E-state index in [2.05, 4.69) is 23.7 Å². The van der Waals surface area contributed by atoms with Crippen LogP contribution >= 0.6 is 0 Å². The second-order valence-electron chi connectivity index (χ2n) is 9.41. The first kappa shape index (κ1) is 24.9. The van der Waals surface area contributed by atoms with Crippen LogP contribution in [-0.4, -0.2) is 77.6 Å². The number of amides is 1. The third-order valence-corrected chi connectivity index (χ3v) is 6.34. The van der Waals surface area contributed by atoms with E-state index in [1.54, 1.807) is 47.6 Å². The molecule has 0 aliphatic carbocycles. The van der Waals surface area contributed by atoms with Gasteiger partial charge in [-0.2, -0.15) is 0 Å². The SMILES string of the molecule is Cc1cc(C(O)=C2C(=O)C(=O)N(CCN3CCOCC3)[C@H]2c2ccncc2)ccc1OCC(C)C. The Morgan fingerprint density at radius 3 is 2.51 bits per heavy atom. The number of carbonyl (C=O) groups is 2. The van der Waals surface area contributed by atoms with Gasteiger partial charge in [0.1, 0.15) is 11.5 Å². The molecule has 2 aliphatic rings. The van der Waals surface area contributed by atoms with Crippen molar-refractivity contribution in [1.29, 1.82) is 0 Å². The van der Waals surface area contributed by atoms with Gasteiger partial charge in [0.25, 0.3) is 11.7 Å². The number of ketones is 1. The van der Waals surface area contributed by atoms with Crippen molar-refractivity contribution in [3.8, 4) is 5.75 Å². The lowest BCUT2D eigenvalue weighted by Gasteiger charge is -2.31. The zero-order chi connectivity index (χ0) is 24.9. The molecule has 0 unspecified atom stereocenters. The lowest BCUT2D eigenvalue weighted by atomic mass is 9.95. The van der Waals surface area contributed by atoms with Gasteiger partial charge in [0, 0.05) is 44.1 Å². The summed E-state index contributed by atoms with van der Waals surface area (Å²) in [4.78, 5) is 34.2. The van der Waals surface area contributed by atoms with Crippen molar-refractivity contribution in [3.05, 3.63) is 65.0 Å². The van der Waals surface area contributed by atoms with E-state index in [9.17, 15) is 14.7 Å². The Morgan fingerprint density at radius 1 is 1.14 bits per heavy atom. The summed E-state index contributed by atoms with van der Waals surface area (Å²) < 4.78 is 11.3. The first-order chi connectivity index (χ1) is 16.9. The molecule has 2 saturated heterocycles. The van der Waals surface area contributed by atoms with Crippen molar-refractivity contribution < 1.29 is 24.2 Å². The normalized spacial score (nSPS) is 20.6. The largest absolute Gasteiger partial charge is 0.507 e. The molecule has 2 aliphatic heterocycles. The smallest absolute Gasteiger partial charge is 0.295 e. The second kappa shape index (κ2) is 11.0. The predicted molar refractivity (Wildman–Crippen MR) is 132 cm³/mol. The number of ether oxygens (including phenoxy) is 2. The molecule has 0 bridgehead atoms. The lowest BCUT2D eigenvalue weighted by Crippen LogP contribution is -2.42. The zero-order valence-corrected chi connectivity index (χ0v) is 20.6. The Labute approximate surface area is 206 Å². The maximum atomic E-state index is 13.2. The number of hydrogen-bond donors (Lipinski definition) is 1.